The molecule has 224 valence electrons. The summed E-state index contributed by atoms with van der Waals surface area (Å²) < 4.78 is 30.2. The number of amides is 2. The molecule has 0 aromatic rings. The summed E-state index contributed by atoms with van der Waals surface area (Å²) >= 11 is 0. The van der Waals surface area contributed by atoms with E-state index in [0.717, 1.165) is 38.5 Å². The first kappa shape index (κ1) is 30.7. The van der Waals surface area contributed by atoms with E-state index in [9.17, 15) is 33.3 Å². The van der Waals surface area contributed by atoms with Crippen molar-refractivity contribution in [1.82, 2.24) is 10.6 Å². The van der Waals surface area contributed by atoms with E-state index in [1.165, 1.54) is 0 Å². The van der Waals surface area contributed by atoms with E-state index < -0.39 is 34.0 Å². The van der Waals surface area contributed by atoms with Gasteiger partial charge in [-0.3, -0.25) is 14.1 Å². The lowest BCUT2D eigenvalue weighted by atomic mass is 9.43. The van der Waals surface area contributed by atoms with Crippen molar-refractivity contribution in [1.29, 1.82) is 0 Å². The summed E-state index contributed by atoms with van der Waals surface area (Å²) in [6.45, 7) is 6.15. The molecule has 4 rings (SSSR count). The minimum Gasteiger partial charge on any atom is -0.393 e. The smallest absolute Gasteiger partial charge is 0.266 e. The van der Waals surface area contributed by atoms with E-state index in [1.54, 1.807) is 0 Å². The third-order valence-electron chi connectivity index (χ3n) is 11.5. The number of carbonyl (C=O) groups excluding carboxylic acids is 2. The summed E-state index contributed by atoms with van der Waals surface area (Å²) in [7, 11) is -4.16. The molecule has 11 heteroatoms. The van der Waals surface area contributed by atoms with Crippen LogP contribution in [0.25, 0.3) is 0 Å². The summed E-state index contributed by atoms with van der Waals surface area (Å²) in [6.07, 6.45) is 5.44. The Hall–Kier alpha value is -1.27. The van der Waals surface area contributed by atoms with Crippen molar-refractivity contribution in [3.8, 4) is 0 Å². The Balaban J connectivity index is 1.33. The van der Waals surface area contributed by atoms with E-state index >= 15 is 0 Å². The van der Waals surface area contributed by atoms with Crippen LogP contribution < -0.4 is 10.6 Å². The van der Waals surface area contributed by atoms with Gasteiger partial charge in [0.2, 0.25) is 11.8 Å². The van der Waals surface area contributed by atoms with E-state index in [4.69, 9.17) is 4.55 Å². The fourth-order valence-corrected chi connectivity index (χ4v) is 9.70. The van der Waals surface area contributed by atoms with Gasteiger partial charge in [-0.05, 0) is 97.7 Å². The van der Waals surface area contributed by atoms with Crippen molar-refractivity contribution in [3.05, 3.63) is 0 Å². The van der Waals surface area contributed by atoms with Crippen molar-refractivity contribution in [2.75, 3.05) is 18.8 Å². The molecule has 6 N–H and O–H groups in total. The molecule has 4 fully saturated rings. The highest BCUT2D eigenvalue weighted by Gasteiger charge is 2.65. The third kappa shape index (κ3) is 6.17. The van der Waals surface area contributed by atoms with Crippen LogP contribution in [0.5, 0.6) is 0 Å². The van der Waals surface area contributed by atoms with Crippen LogP contribution in [0.4, 0.5) is 0 Å². The van der Waals surface area contributed by atoms with E-state index in [1.807, 2.05) is 0 Å². The van der Waals surface area contributed by atoms with Gasteiger partial charge in [-0.2, -0.15) is 8.42 Å². The number of rotatable bonds is 9. The highest BCUT2D eigenvalue weighted by Crippen LogP contribution is 2.68. The molecule has 4 saturated carbocycles. The van der Waals surface area contributed by atoms with Gasteiger partial charge >= 0.3 is 0 Å². The average Bonchev–Trinajstić information content (AvgIpc) is 3.20. The van der Waals surface area contributed by atoms with Gasteiger partial charge in [0.05, 0.1) is 30.6 Å². The third-order valence-corrected chi connectivity index (χ3v) is 12.2. The fourth-order valence-electron chi connectivity index (χ4n) is 9.34. The lowest BCUT2D eigenvalue weighted by Gasteiger charge is -2.63. The lowest BCUT2D eigenvalue weighted by molar-refractivity contribution is -0.207. The first-order valence-electron chi connectivity index (χ1n) is 14.7. The molecule has 0 aliphatic heterocycles. The van der Waals surface area contributed by atoms with Gasteiger partial charge in [0.1, 0.15) is 0 Å². The molecule has 4 aliphatic carbocycles. The minimum absolute atomic E-state index is 0.0336. The number of nitrogens with one attached hydrogen (secondary N) is 2. The summed E-state index contributed by atoms with van der Waals surface area (Å²) in [6, 6.07) is 0. The molecular weight excluding hydrogens is 524 g/mol. The van der Waals surface area contributed by atoms with Crippen LogP contribution in [0.15, 0.2) is 0 Å². The number of fused-ring (bicyclic) bond motifs is 5. The molecule has 2 amide bonds. The molecule has 0 spiro atoms. The molecule has 4 aliphatic rings. The van der Waals surface area contributed by atoms with Crippen LogP contribution in [-0.2, 0) is 19.7 Å². The van der Waals surface area contributed by atoms with Gasteiger partial charge in [-0.15, -0.1) is 0 Å². The fraction of sp³-hybridized carbons (Fsp3) is 0.929. The Kier molecular flexibility index (Phi) is 9.08. The first-order valence-corrected chi connectivity index (χ1v) is 16.3. The number of carbonyl (C=O) groups is 2. The van der Waals surface area contributed by atoms with Gasteiger partial charge in [0, 0.05) is 13.0 Å². The molecule has 0 aromatic carbocycles. The largest absolute Gasteiger partial charge is 0.393 e. The van der Waals surface area contributed by atoms with E-state index in [0.29, 0.717) is 12.8 Å². The highest BCUT2D eigenvalue weighted by atomic mass is 32.2. The van der Waals surface area contributed by atoms with Crippen LogP contribution >= 0.6 is 0 Å². The predicted octanol–water partition coefficient (Wildman–Crippen LogP) is 1.48. The van der Waals surface area contributed by atoms with Gasteiger partial charge in [-0.1, -0.05) is 20.8 Å². The molecule has 8 unspecified atom stereocenters. The Morgan fingerprint density at radius 3 is 2.38 bits per heavy atom. The maximum Gasteiger partial charge on any atom is 0.266 e. The van der Waals surface area contributed by atoms with E-state index in [-0.39, 0.29) is 77.9 Å². The van der Waals surface area contributed by atoms with Gasteiger partial charge in [0.15, 0.2) is 0 Å². The summed E-state index contributed by atoms with van der Waals surface area (Å²) in [5, 5.41) is 38.3. The van der Waals surface area contributed by atoms with Gasteiger partial charge in [0.25, 0.3) is 10.1 Å². The maximum atomic E-state index is 12.4. The highest BCUT2D eigenvalue weighted by molar-refractivity contribution is 7.85. The van der Waals surface area contributed by atoms with Gasteiger partial charge < -0.3 is 26.0 Å². The first-order chi connectivity index (χ1) is 18.2. The normalized spacial score (nSPS) is 42.5. The summed E-state index contributed by atoms with van der Waals surface area (Å²) in [4.78, 5) is 24.2. The molecule has 0 bridgehead atoms. The summed E-state index contributed by atoms with van der Waals surface area (Å²) in [5.41, 5.74) is -0.297. The van der Waals surface area contributed by atoms with Crippen LogP contribution in [0.2, 0.25) is 0 Å². The molecular formula is C28H48N2O8S. The van der Waals surface area contributed by atoms with Crippen molar-refractivity contribution in [2.45, 2.75) is 96.9 Å². The van der Waals surface area contributed by atoms with Crippen molar-refractivity contribution < 1.29 is 37.9 Å². The number of hydrogen-bond acceptors (Lipinski definition) is 7. The Bertz CT molecular complexity index is 1020. The SMILES string of the molecule is CC(CCC(=O)NCC(=O)NCCS(=O)(=O)O)C1CCC2C3C(C[C@H](O)C12C)C1(C)CC[C@@H](O)CC1C[C@H]3O. The zero-order valence-corrected chi connectivity index (χ0v) is 24.3. The Morgan fingerprint density at radius 2 is 1.69 bits per heavy atom. The molecule has 0 aromatic heterocycles. The number of hydrogen-bond donors (Lipinski definition) is 6. The predicted molar refractivity (Wildman–Crippen MR) is 145 cm³/mol. The van der Waals surface area contributed by atoms with Crippen LogP contribution in [0, 0.1) is 46.3 Å². The van der Waals surface area contributed by atoms with Crippen LogP contribution in [0.1, 0.15) is 78.6 Å². The number of aliphatic hydroxyl groups excluding tert-OH is 3. The molecule has 10 nitrogen and oxygen atoms in total. The monoisotopic (exact) mass is 572 g/mol. The molecule has 11 atom stereocenters. The second-order valence-electron chi connectivity index (χ2n) is 13.5. The zero-order valence-electron chi connectivity index (χ0n) is 23.5. The Labute approximate surface area is 232 Å². The van der Waals surface area contributed by atoms with Crippen molar-refractivity contribution >= 4 is 21.9 Å². The lowest BCUT2D eigenvalue weighted by Crippen LogP contribution is -2.62. The van der Waals surface area contributed by atoms with Crippen LogP contribution in [0.3, 0.4) is 0 Å². The molecule has 39 heavy (non-hydrogen) atoms. The van der Waals surface area contributed by atoms with Crippen LogP contribution in [-0.4, -0.2) is 77.3 Å². The standard InChI is InChI=1S/C28H48N2O8S/c1-16(4-7-24(34)30-15-25(35)29-10-11-39(36,37)38)19-5-6-20-26-21(14-23(33)28(19,20)3)27(2)9-8-18(31)12-17(27)13-22(26)32/h16-23,26,31-33H,4-15H2,1-3H3,(H,29,35)(H,30,34)(H,36,37,38)/t16?,17?,18-,19?,20?,21?,22-,23+,26?,27?,28?/m1/s1. The van der Waals surface area contributed by atoms with Crippen molar-refractivity contribution in [3.63, 3.8) is 0 Å². The Morgan fingerprint density at radius 1 is 0.974 bits per heavy atom. The quantitative estimate of drug-likeness (QED) is 0.225. The molecule has 0 radical (unpaired) electrons. The summed E-state index contributed by atoms with van der Waals surface area (Å²) in [5.74, 6) is -0.0801. The van der Waals surface area contributed by atoms with Crippen molar-refractivity contribution in [2.24, 2.45) is 46.3 Å². The molecule has 0 saturated heterocycles. The second kappa shape index (κ2) is 11.5. The second-order valence-corrected chi connectivity index (χ2v) is 15.0. The zero-order chi connectivity index (χ0) is 28.8. The van der Waals surface area contributed by atoms with E-state index in [2.05, 4.69) is 31.4 Å². The maximum absolute atomic E-state index is 12.4. The molecule has 0 heterocycles. The average molecular weight is 573 g/mol. The minimum atomic E-state index is -4.16. The number of aliphatic hydroxyl groups is 3. The topological polar surface area (TPSA) is 173 Å². The van der Waals surface area contributed by atoms with Gasteiger partial charge in [-0.25, -0.2) is 0 Å².